The van der Waals surface area contributed by atoms with Crippen LogP contribution >= 0.6 is 0 Å². The van der Waals surface area contributed by atoms with Gasteiger partial charge in [-0.3, -0.25) is 4.79 Å². The van der Waals surface area contributed by atoms with Gasteiger partial charge < -0.3 is 14.8 Å². The van der Waals surface area contributed by atoms with Crippen LogP contribution in [0, 0.1) is 0 Å². The molecule has 0 aliphatic heterocycles. The third kappa shape index (κ3) is 5.12. The molecule has 0 aliphatic carbocycles. The molecule has 0 radical (unpaired) electrons. The van der Waals surface area contributed by atoms with Crippen LogP contribution < -0.4 is 10.1 Å². The van der Waals surface area contributed by atoms with E-state index >= 15 is 0 Å². The maximum absolute atomic E-state index is 11.9. The zero-order chi connectivity index (χ0) is 17.4. The van der Waals surface area contributed by atoms with E-state index in [1.165, 1.54) is 12.7 Å². The molecule has 0 bridgehead atoms. The average Bonchev–Trinajstić information content (AvgIpc) is 2.62. The Morgan fingerprint density at radius 1 is 1.00 bits per heavy atom. The summed E-state index contributed by atoms with van der Waals surface area (Å²) >= 11 is 0. The summed E-state index contributed by atoms with van der Waals surface area (Å²) in [4.78, 5) is 23.2. The Morgan fingerprint density at radius 2 is 1.67 bits per heavy atom. The Kier molecular flexibility index (Phi) is 6.37. The van der Waals surface area contributed by atoms with E-state index in [-0.39, 0.29) is 12.3 Å². The molecule has 0 unspecified atom stereocenters. The van der Waals surface area contributed by atoms with Gasteiger partial charge in [0.05, 0.1) is 25.7 Å². The number of amides is 1. The number of carbonyl (C=O) groups is 2. The van der Waals surface area contributed by atoms with Crippen molar-refractivity contribution in [2.75, 3.05) is 19.0 Å². The number of rotatable bonds is 7. The number of esters is 1. The van der Waals surface area contributed by atoms with Gasteiger partial charge in [-0.15, -0.1) is 0 Å². The van der Waals surface area contributed by atoms with Gasteiger partial charge in [-0.05, 0) is 48.4 Å². The van der Waals surface area contributed by atoms with Crippen molar-refractivity contribution in [3.05, 3.63) is 59.7 Å². The lowest BCUT2D eigenvalue weighted by Gasteiger charge is -2.08. The van der Waals surface area contributed by atoms with E-state index in [1.807, 2.05) is 24.3 Å². The maximum atomic E-state index is 11.9. The van der Waals surface area contributed by atoms with Crippen molar-refractivity contribution in [1.29, 1.82) is 0 Å². The average molecular weight is 327 g/mol. The van der Waals surface area contributed by atoms with Gasteiger partial charge in [-0.1, -0.05) is 19.1 Å². The lowest BCUT2D eigenvalue weighted by atomic mass is 10.2. The summed E-state index contributed by atoms with van der Waals surface area (Å²) < 4.78 is 10.2. The molecule has 126 valence electrons. The Morgan fingerprint density at radius 3 is 2.25 bits per heavy atom. The zero-order valence-electron chi connectivity index (χ0n) is 13.9. The molecule has 1 amide bonds. The highest BCUT2D eigenvalue weighted by atomic mass is 16.5. The number of carbonyl (C=O) groups excluding carboxylic acids is 2. The molecule has 2 aromatic carbocycles. The number of hydrogen-bond donors (Lipinski definition) is 1. The van der Waals surface area contributed by atoms with Gasteiger partial charge in [0.15, 0.2) is 0 Å². The highest BCUT2D eigenvalue weighted by Crippen LogP contribution is 2.13. The fourth-order valence-corrected chi connectivity index (χ4v) is 2.11. The number of anilines is 1. The van der Waals surface area contributed by atoms with Crippen molar-refractivity contribution in [1.82, 2.24) is 0 Å². The van der Waals surface area contributed by atoms with Crippen LogP contribution in [0.3, 0.4) is 0 Å². The number of hydrogen-bond acceptors (Lipinski definition) is 4. The summed E-state index contributed by atoms with van der Waals surface area (Å²) in [5.74, 6) is 0.198. The van der Waals surface area contributed by atoms with Crippen LogP contribution in [0.15, 0.2) is 48.5 Å². The van der Waals surface area contributed by atoms with Crippen LogP contribution in [0.4, 0.5) is 5.69 Å². The van der Waals surface area contributed by atoms with Crippen LogP contribution in [0.2, 0.25) is 0 Å². The summed E-state index contributed by atoms with van der Waals surface area (Å²) in [6.45, 7) is 2.40. The number of ether oxygens (including phenoxy) is 2. The van der Waals surface area contributed by atoms with E-state index in [1.54, 1.807) is 24.3 Å². The molecule has 0 aliphatic rings. The summed E-state index contributed by atoms with van der Waals surface area (Å²) in [5.41, 5.74) is 2.31. The molecule has 0 spiro atoms. The minimum atomic E-state index is -0.407. The summed E-state index contributed by atoms with van der Waals surface area (Å²) in [6.07, 6.45) is 1.23. The lowest BCUT2D eigenvalue weighted by molar-refractivity contribution is -0.116. The molecule has 0 saturated heterocycles. The smallest absolute Gasteiger partial charge is 0.337 e. The molecule has 0 fully saturated rings. The highest BCUT2D eigenvalue weighted by Gasteiger charge is 2.06. The van der Waals surface area contributed by atoms with Crippen molar-refractivity contribution >= 4 is 17.6 Å². The molecule has 2 rings (SSSR count). The van der Waals surface area contributed by atoms with Gasteiger partial charge in [0, 0.05) is 5.69 Å². The van der Waals surface area contributed by atoms with Gasteiger partial charge in [0.1, 0.15) is 5.75 Å². The molecule has 1 N–H and O–H groups in total. The van der Waals surface area contributed by atoms with Crippen molar-refractivity contribution in [2.45, 2.75) is 19.8 Å². The SMILES string of the molecule is CCc1ccc(OCCC(=O)Nc2ccc(C(=O)OC)cc2)cc1. The predicted molar refractivity (Wildman–Crippen MR) is 92.3 cm³/mol. The van der Waals surface area contributed by atoms with Crippen LogP contribution in [-0.4, -0.2) is 25.6 Å². The standard InChI is InChI=1S/C19H21NO4/c1-3-14-4-10-17(11-5-14)24-13-12-18(21)20-16-8-6-15(7-9-16)19(22)23-2/h4-11H,3,12-13H2,1-2H3,(H,20,21). The van der Waals surface area contributed by atoms with E-state index in [9.17, 15) is 9.59 Å². The fourth-order valence-electron chi connectivity index (χ4n) is 2.11. The van der Waals surface area contributed by atoms with Gasteiger partial charge in [0.25, 0.3) is 0 Å². The van der Waals surface area contributed by atoms with Crippen molar-refractivity contribution < 1.29 is 19.1 Å². The van der Waals surface area contributed by atoms with E-state index in [4.69, 9.17) is 4.74 Å². The monoisotopic (exact) mass is 327 g/mol. The Hall–Kier alpha value is -2.82. The zero-order valence-corrected chi connectivity index (χ0v) is 13.9. The fraction of sp³-hybridized carbons (Fsp3) is 0.263. The normalized spacial score (nSPS) is 10.1. The first-order valence-corrected chi connectivity index (χ1v) is 7.82. The summed E-state index contributed by atoms with van der Waals surface area (Å²) in [7, 11) is 1.33. The van der Waals surface area contributed by atoms with Gasteiger partial charge in [0.2, 0.25) is 5.91 Å². The van der Waals surface area contributed by atoms with E-state index < -0.39 is 5.97 Å². The molecule has 0 aromatic heterocycles. The van der Waals surface area contributed by atoms with Crippen molar-refractivity contribution in [3.8, 4) is 5.75 Å². The highest BCUT2D eigenvalue weighted by molar-refractivity contribution is 5.93. The van der Waals surface area contributed by atoms with Crippen LogP contribution in [-0.2, 0) is 16.0 Å². The minimum Gasteiger partial charge on any atom is -0.493 e. The predicted octanol–water partition coefficient (Wildman–Crippen LogP) is 3.44. The number of benzene rings is 2. The first kappa shape index (κ1) is 17.5. The second-order valence-electron chi connectivity index (χ2n) is 5.21. The minimum absolute atomic E-state index is 0.147. The molecule has 0 saturated carbocycles. The topological polar surface area (TPSA) is 64.6 Å². The van der Waals surface area contributed by atoms with E-state index in [0.717, 1.165) is 12.2 Å². The molecular weight excluding hydrogens is 306 g/mol. The Bertz CT molecular complexity index is 678. The second-order valence-corrected chi connectivity index (χ2v) is 5.21. The molecule has 5 heteroatoms. The van der Waals surface area contributed by atoms with Crippen LogP contribution in [0.5, 0.6) is 5.75 Å². The van der Waals surface area contributed by atoms with E-state index in [2.05, 4.69) is 17.0 Å². The van der Waals surface area contributed by atoms with Crippen LogP contribution in [0.1, 0.15) is 29.3 Å². The van der Waals surface area contributed by atoms with E-state index in [0.29, 0.717) is 17.9 Å². The molecule has 5 nitrogen and oxygen atoms in total. The molecule has 24 heavy (non-hydrogen) atoms. The third-order valence-corrected chi connectivity index (χ3v) is 3.52. The quantitative estimate of drug-likeness (QED) is 0.791. The first-order chi connectivity index (χ1) is 11.6. The number of nitrogens with one attached hydrogen (secondary N) is 1. The molecular formula is C19H21NO4. The van der Waals surface area contributed by atoms with Gasteiger partial charge in [-0.25, -0.2) is 4.79 Å². The molecule has 0 atom stereocenters. The second kappa shape index (κ2) is 8.72. The number of methoxy groups -OCH3 is 1. The molecule has 0 heterocycles. The van der Waals surface area contributed by atoms with Gasteiger partial charge >= 0.3 is 5.97 Å². The lowest BCUT2D eigenvalue weighted by Crippen LogP contribution is -2.15. The third-order valence-electron chi connectivity index (χ3n) is 3.52. The molecule has 2 aromatic rings. The maximum Gasteiger partial charge on any atom is 0.337 e. The summed E-state index contributed by atoms with van der Waals surface area (Å²) in [5, 5.41) is 2.76. The van der Waals surface area contributed by atoms with Crippen LogP contribution in [0.25, 0.3) is 0 Å². The largest absolute Gasteiger partial charge is 0.493 e. The Labute approximate surface area is 141 Å². The van der Waals surface area contributed by atoms with Gasteiger partial charge in [-0.2, -0.15) is 0 Å². The van der Waals surface area contributed by atoms with Crippen molar-refractivity contribution in [3.63, 3.8) is 0 Å². The summed E-state index contributed by atoms with van der Waals surface area (Å²) in [6, 6.07) is 14.4. The van der Waals surface area contributed by atoms with Crippen molar-refractivity contribution in [2.24, 2.45) is 0 Å². The number of aryl methyl sites for hydroxylation is 1. The first-order valence-electron chi connectivity index (χ1n) is 7.82. The Balaban J connectivity index is 1.77.